The Balaban J connectivity index is 0.825. The van der Waals surface area contributed by atoms with E-state index in [0.717, 1.165) is 11.1 Å². The van der Waals surface area contributed by atoms with Crippen LogP contribution in [-0.4, -0.2) is 167 Å². The molecule has 3 aromatic carbocycles. The number of halogens is 2. The van der Waals surface area contributed by atoms with Crippen LogP contribution in [0.5, 0.6) is 0 Å². The monoisotopic (exact) mass is 1050 g/mol. The summed E-state index contributed by atoms with van der Waals surface area (Å²) in [5, 5.41) is 20.4. The summed E-state index contributed by atoms with van der Waals surface area (Å²) in [6, 6.07) is 12.4. The number of nitrogens with zero attached hydrogens (tertiary/aromatic N) is 5. The molecule has 6 fully saturated rings. The molecule has 22 heteroatoms. The number of rotatable bonds is 13. The van der Waals surface area contributed by atoms with Gasteiger partial charge in [0.1, 0.15) is 35.5 Å². The molecule has 10 amide bonds. The fraction of sp³-hybridized carbons (Fsp3) is 0.500. The van der Waals surface area contributed by atoms with E-state index in [9.17, 15) is 47.1 Å². The highest BCUT2D eigenvalue weighted by Crippen LogP contribution is 2.43. The molecular weight excluding hydrogens is 983 g/mol. The summed E-state index contributed by atoms with van der Waals surface area (Å²) < 4.78 is 27.1. The van der Waals surface area contributed by atoms with Crippen LogP contribution >= 0.6 is 0 Å². The number of fused-ring (bicyclic) bond motifs is 2. The lowest BCUT2D eigenvalue weighted by atomic mass is 10.1. The van der Waals surface area contributed by atoms with Gasteiger partial charge in [0.2, 0.25) is 23.6 Å². The highest BCUT2D eigenvalue weighted by molar-refractivity contribution is 6.42. The Kier molecular flexibility index (Phi) is 16.1. The molecule has 0 bridgehead atoms. The molecular formula is C54H66F2N12O8. The average molecular weight is 1050 g/mol. The molecule has 4 saturated heterocycles. The summed E-state index contributed by atoms with van der Waals surface area (Å²) in [5.74, 6) is -3.36. The predicted molar refractivity (Wildman–Crippen MR) is 277 cm³/mol. The standard InChI is InChI=1S/C54H66F2N12O8/c1-29(57-3)47(69)63-43-27-65(23-21-37-17-19-45(67(37)51(43)73)49(71)61-41-25-39(41)31-5-9-33(55)10-6-31)53(75)59-35-13-15-36(16-14-35)60-54(76)66-24-22-38-18-20-46(68(38)52(74)44(28-66)64-48(70)30(2)58-4)50(72)62-42-26-40(42)32-7-11-34(56)12-8-32/h5-16,29-30,37-43,45-46,57-58H,17-28H2,1-4H3,(H,59,75)(H,60,76)(H,61,71)(H,62,72)(H,63,69)/t29-,30-,37+,38+,39+,40+,41-,42-,43-,45-,46-/m0/s1. The number of urea groups is 2. The van der Waals surface area contributed by atoms with Crippen molar-refractivity contribution in [3.05, 3.63) is 95.6 Å². The largest absolute Gasteiger partial charge is 0.351 e. The Labute approximate surface area is 439 Å². The van der Waals surface area contributed by atoms with E-state index < -0.39 is 71.9 Å². The average Bonchev–Trinajstić information content (AvgIpc) is 4.26. The molecule has 4 heterocycles. The summed E-state index contributed by atoms with van der Waals surface area (Å²) in [5.41, 5.74) is 2.39. The van der Waals surface area contributed by atoms with Crippen molar-refractivity contribution in [3.8, 4) is 0 Å². The van der Waals surface area contributed by atoms with Gasteiger partial charge in [-0.05, 0) is 139 Å². The molecule has 404 valence electrons. The number of hydrogen-bond donors (Lipinski definition) is 7. The summed E-state index contributed by atoms with van der Waals surface area (Å²) in [6.07, 6.45) is 3.92. The molecule has 0 radical (unpaired) electrons. The van der Waals surface area contributed by atoms with Crippen molar-refractivity contribution in [2.45, 2.75) is 131 Å². The first-order valence-corrected chi connectivity index (χ1v) is 26.2. The number of likely N-dealkylation sites (N-methyl/N-ethyl adjacent to an activating group) is 2. The van der Waals surface area contributed by atoms with Crippen molar-refractivity contribution in [1.82, 2.24) is 46.2 Å². The number of amides is 10. The minimum Gasteiger partial charge on any atom is -0.351 e. The van der Waals surface area contributed by atoms with Crippen molar-refractivity contribution in [2.75, 3.05) is 50.9 Å². The zero-order chi connectivity index (χ0) is 53.9. The Morgan fingerprint density at radius 3 is 1.58 bits per heavy atom. The van der Waals surface area contributed by atoms with Crippen LogP contribution in [0.3, 0.4) is 0 Å². The van der Waals surface area contributed by atoms with E-state index in [1.165, 1.54) is 39.0 Å². The van der Waals surface area contributed by atoms with E-state index in [2.05, 4.69) is 42.2 Å². The summed E-state index contributed by atoms with van der Waals surface area (Å²) in [7, 11) is 3.19. The van der Waals surface area contributed by atoms with Gasteiger partial charge >= 0.3 is 12.1 Å². The normalized spacial score (nSPS) is 27.4. The summed E-state index contributed by atoms with van der Waals surface area (Å²) in [6.45, 7) is 3.13. The molecule has 7 N–H and O–H groups in total. The van der Waals surface area contributed by atoms with Crippen LogP contribution in [0.25, 0.3) is 0 Å². The maximum absolute atomic E-state index is 14.5. The number of benzene rings is 3. The molecule has 76 heavy (non-hydrogen) atoms. The third kappa shape index (κ3) is 12.0. The minimum atomic E-state index is -1.17. The van der Waals surface area contributed by atoms with Crippen LogP contribution in [-0.2, 0) is 28.8 Å². The first-order valence-electron chi connectivity index (χ1n) is 26.2. The minimum absolute atomic E-state index is 0.0326. The molecule has 0 aromatic heterocycles. The van der Waals surface area contributed by atoms with Crippen molar-refractivity contribution in [3.63, 3.8) is 0 Å². The van der Waals surface area contributed by atoms with Crippen molar-refractivity contribution in [2.24, 2.45) is 4.99 Å². The van der Waals surface area contributed by atoms with Gasteiger partial charge in [0.15, 0.2) is 0 Å². The zero-order valence-electron chi connectivity index (χ0n) is 43.0. The van der Waals surface area contributed by atoms with Crippen LogP contribution in [0.1, 0.15) is 88.2 Å². The second kappa shape index (κ2) is 22.9. The van der Waals surface area contributed by atoms with E-state index in [1.807, 2.05) is 0 Å². The molecule has 0 spiro atoms. The van der Waals surface area contributed by atoms with Gasteiger partial charge in [0.05, 0.1) is 25.2 Å². The van der Waals surface area contributed by atoms with Gasteiger partial charge in [0, 0.05) is 60.5 Å². The highest BCUT2D eigenvalue weighted by Gasteiger charge is 2.49. The number of carbonyl (C=O) groups is 8. The van der Waals surface area contributed by atoms with Gasteiger partial charge in [-0.15, -0.1) is 0 Å². The topological polar surface area (TPSA) is 246 Å². The quantitative estimate of drug-likeness (QED) is 0.132. The summed E-state index contributed by atoms with van der Waals surface area (Å²) >= 11 is 0. The number of aliphatic imine (C=N–C) groups is 1. The van der Waals surface area contributed by atoms with Crippen LogP contribution in [0.15, 0.2) is 77.8 Å². The molecule has 3 aromatic rings. The first-order chi connectivity index (χ1) is 36.5. The maximum Gasteiger partial charge on any atom is 0.322 e. The number of carbonyl (C=O) groups excluding carboxylic acids is 8. The SMILES string of the molecule is CN[C@@H](C)C(=O)N=C1CN(C(=O)Nc2ccc(NC(=O)N3CC[C@H]4CC[C@@H](C(=O)N[C@H]5C[C@@H]5c5ccc(F)cc5)N4C(=O)[C@@H](NC(=O)[C@H](C)NC)C3)cc2)CC[C@H]2CC[C@@H](C(=O)N[C@H]3C[C@@H]3c3ccc(F)cc3)N2C1=O. The highest BCUT2D eigenvalue weighted by atomic mass is 19.1. The Bertz CT molecular complexity index is 2750. The second-order valence-corrected chi connectivity index (χ2v) is 20.8. The fourth-order valence-corrected chi connectivity index (χ4v) is 10.9. The number of hydrogen-bond acceptors (Lipinski definition) is 10. The van der Waals surface area contributed by atoms with E-state index in [-0.39, 0.29) is 85.3 Å². The van der Waals surface area contributed by atoms with Crippen molar-refractivity contribution in [1.29, 1.82) is 0 Å². The van der Waals surface area contributed by atoms with E-state index in [1.54, 1.807) is 81.4 Å². The molecule has 4 aliphatic heterocycles. The lowest BCUT2D eigenvalue weighted by molar-refractivity contribution is -0.144. The smallest absolute Gasteiger partial charge is 0.322 e. The van der Waals surface area contributed by atoms with Crippen molar-refractivity contribution >= 4 is 64.6 Å². The molecule has 9 rings (SSSR count). The lowest BCUT2D eigenvalue weighted by Gasteiger charge is -2.39. The van der Waals surface area contributed by atoms with Gasteiger partial charge in [-0.25, -0.2) is 23.4 Å². The van der Waals surface area contributed by atoms with Gasteiger partial charge in [-0.3, -0.25) is 28.8 Å². The van der Waals surface area contributed by atoms with E-state index in [0.29, 0.717) is 62.7 Å². The van der Waals surface area contributed by atoms with Crippen LogP contribution in [0.4, 0.5) is 29.7 Å². The number of nitrogens with one attached hydrogen (secondary N) is 7. The zero-order valence-corrected chi connectivity index (χ0v) is 43.0. The van der Waals surface area contributed by atoms with Gasteiger partial charge in [-0.2, -0.15) is 0 Å². The van der Waals surface area contributed by atoms with Crippen LogP contribution in [0, 0.1) is 11.6 Å². The molecule has 6 aliphatic rings. The Morgan fingerprint density at radius 2 is 1.07 bits per heavy atom. The molecule has 20 nitrogen and oxygen atoms in total. The van der Waals surface area contributed by atoms with E-state index >= 15 is 0 Å². The second-order valence-electron chi connectivity index (χ2n) is 20.8. The summed E-state index contributed by atoms with van der Waals surface area (Å²) in [4.78, 5) is 121. The van der Waals surface area contributed by atoms with Crippen LogP contribution < -0.4 is 37.2 Å². The van der Waals surface area contributed by atoms with Gasteiger partial charge in [-0.1, -0.05) is 24.3 Å². The fourth-order valence-electron chi connectivity index (χ4n) is 10.9. The third-order valence-corrected chi connectivity index (χ3v) is 15.8. The molecule has 11 atom stereocenters. The van der Waals surface area contributed by atoms with Gasteiger partial charge in [0.25, 0.3) is 11.8 Å². The predicted octanol–water partition coefficient (Wildman–Crippen LogP) is 3.17. The molecule has 2 saturated carbocycles. The third-order valence-electron chi connectivity index (χ3n) is 15.8. The molecule has 2 aliphatic carbocycles. The maximum atomic E-state index is 14.5. The number of anilines is 2. The van der Waals surface area contributed by atoms with Crippen LogP contribution in [0.2, 0.25) is 0 Å². The first kappa shape index (κ1) is 53.5. The van der Waals surface area contributed by atoms with Crippen molar-refractivity contribution < 1.29 is 47.1 Å². The van der Waals surface area contributed by atoms with E-state index in [4.69, 9.17) is 0 Å². The van der Waals surface area contributed by atoms with Gasteiger partial charge < -0.3 is 56.8 Å². The lowest BCUT2D eigenvalue weighted by Crippen LogP contribution is -2.62. The molecule has 0 unspecified atom stereocenters. The Morgan fingerprint density at radius 1 is 0.592 bits per heavy atom. The Hall–Kier alpha value is -7.33.